The van der Waals surface area contributed by atoms with Gasteiger partial charge in [0.15, 0.2) is 0 Å². The van der Waals surface area contributed by atoms with E-state index < -0.39 is 11.6 Å². The van der Waals surface area contributed by atoms with E-state index in [2.05, 4.69) is 28.5 Å². The number of piperidine rings is 1. The van der Waals surface area contributed by atoms with E-state index in [1.54, 1.807) is 4.90 Å². The molecule has 9 heteroatoms. The van der Waals surface area contributed by atoms with E-state index in [9.17, 15) is 19.2 Å². The number of carbonyl (C=O) groups is 4. The van der Waals surface area contributed by atoms with Crippen molar-refractivity contribution in [2.45, 2.75) is 110 Å². The van der Waals surface area contributed by atoms with Crippen LogP contribution < -0.4 is 15.5 Å². The van der Waals surface area contributed by atoms with Gasteiger partial charge in [-0.1, -0.05) is 25.8 Å². The van der Waals surface area contributed by atoms with Gasteiger partial charge in [-0.05, 0) is 77.3 Å². The van der Waals surface area contributed by atoms with Crippen molar-refractivity contribution in [2.24, 2.45) is 5.92 Å². The molecule has 1 aromatic carbocycles. The van der Waals surface area contributed by atoms with Crippen LogP contribution in [0.3, 0.4) is 0 Å². The number of nitrogens with one attached hydrogen (secondary N) is 2. The Kier molecular flexibility index (Phi) is 9.18. The lowest BCUT2D eigenvalue weighted by Crippen LogP contribution is -2.52. The molecular weight excluding hydrogens is 496 g/mol. The fourth-order valence-corrected chi connectivity index (χ4v) is 6.00. The Morgan fingerprint density at radius 1 is 1.10 bits per heavy atom. The maximum Gasteiger partial charge on any atom is 0.407 e. The van der Waals surface area contributed by atoms with E-state index in [4.69, 9.17) is 4.74 Å². The minimum atomic E-state index is -0.614. The lowest BCUT2D eigenvalue weighted by atomic mass is 9.85. The molecule has 39 heavy (non-hydrogen) atoms. The summed E-state index contributed by atoms with van der Waals surface area (Å²) in [5.41, 5.74) is 2.19. The maximum atomic E-state index is 13.4. The third kappa shape index (κ3) is 7.31. The predicted octanol–water partition coefficient (Wildman–Crippen LogP) is 4.53. The number of rotatable bonds is 9. The van der Waals surface area contributed by atoms with Crippen molar-refractivity contribution >= 4 is 29.5 Å². The smallest absolute Gasteiger partial charge is 0.407 e. The van der Waals surface area contributed by atoms with Crippen LogP contribution in [0, 0.1) is 5.92 Å². The van der Waals surface area contributed by atoms with Gasteiger partial charge in [-0.15, -0.1) is 0 Å². The number of nitrogens with zero attached hydrogens (tertiary/aromatic N) is 2. The molecule has 0 bridgehead atoms. The third-order valence-electron chi connectivity index (χ3n) is 7.98. The molecule has 2 aliphatic heterocycles. The molecule has 4 amide bonds. The number of amides is 4. The molecule has 214 valence electrons. The van der Waals surface area contributed by atoms with Crippen molar-refractivity contribution in [3.05, 3.63) is 29.3 Å². The monoisotopic (exact) mass is 540 g/mol. The summed E-state index contributed by atoms with van der Waals surface area (Å²) in [6, 6.07) is 5.41. The van der Waals surface area contributed by atoms with Crippen LogP contribution >= 0.6 is 0 Å². The highest BCUT2D eigenvalue weighted by Gasteiger charge is 2.40. The Morgan fingerprint density at radius 2 is 1.85 bits per heavy atom. The molecule has 2 fully saturated rings. The summed E-state index contributed by atoms with van der Waals surface area (Å²) in [4.78, 5) is 53.8. The first-order valence-electron chi connectivity index (χ1n) is 14.6. The number of ether oxygens (including phenoxy) is 1. The second-order valence-corrected chi connectivity index (χ2v) is 12.2. The zero-order valence-electron chi connectivity index (χ0n) is 23.9. The molecule has 1 atom stereocenters. The molecule has 1 aliphatic carbocycles. The van der Waals surface area contributed by atoms with Gasteiger partial charge < -0.3 is 19.9 Å². The molecule has 0 spiro atoms. The van der Waals surface area contributed by atoms with Gasteiger partial charge in [-0.2, -0.15) is 0 Å². The average molecular weight is 541 g/mol. The summed E-state index contributed by atoms with van der Waals surface area (Å²) in [5.74, 6) is -0.309. The van der Waals surface area contributed by atoms with Crippen LogP contribution in [0.4, 0.5) is 10.5 Å². The van der Waals surface area contributed by atoms with Crippen LogP contribution in [0.5, 0.6) is 0 Å². The first-order chi connectivity index (χ1) is 18.6. The maximum absolute atomic E-state index is 13.4. The van der Waals surface area contributed by atoms with E-state index in [0.717, 1.165) is 69.3 Å². The molecule has 0 aromatic heterocycles. The quantitative estimate of drug-likeness (QED) is 0.352. The first kappa shape index (κ1) is 28.9. The number of alkyl carbamates (subject to hydrolysis) is 1. The average Bonchev–Trinajstić information content (AvgIpc) is 3.20. The van der Waals surface area contributed by atoms with Crippen LogP contribution in [0.1, 0.15) is 101 Å². The summed E-state index contributed by atoms with van der Waals surface area (Å²) in [7, 11) is 0. The number of benzene rings is 1. The van der Waals surface area contributed by atoms with Crippen molar-refractivity contribution in [1.82, 2.24) is 15.5 Å². The summed E-state index contributed by atoms with van der Waals surface area (Å²) >= 11 is 0. The van der Waals surface area contributed by atoms with Crippen LogP contribution in [0.2, 0.25) is 0 Å². The van der Waals surface area contributed by atoms with Gasteiger partial charge in [0.1, 0.15) is 11.6 Å². The van der Waals surface area contributed by atoms with Gasteiger partial charge in [0.05, 0.1) is 0 Å². The van der Waals surface area contributed by atoms with E-state index in [-0.39, 0.29) is 36.3 Å². The SMILES string of the molecule is CCCCCN(CC1CCC(NC(=O)OC(C)(C)C)CC1)c1cccc2c1CN(C1CCC(=O)NC1=O)C2=O. The van der Waals surface area contributed by atoms with Gasteiger partial charge in [0.2, 0.25) is 11.8 Å². The fraction of sp³-hybridized carbons (Fsp3) is 0.667. The number of anilines is 1. The Bertz CT molecular complexity index is 1070. The van der Waals surface area contributed by atoms with E-state index in [1.165, 1.54) is 0 Å². The van der Waals surface area contributed by atoms with E-state index in [0.29, 0.717) is 24.4 Å². The van der Waals surface area contributed by atoms with Crippen molar-refractivity contribution in [1.29, 1.82) is 0 Å². The molecule has 1 saturated carbocycles. The van der Waals surface area contributed by atoms with Crippen molar-refractivity contribution in [3.63, 3.8) is 0 Å². The molecule has 3 aliphatic rings. The lowest BCUT2D eigenvalue weighted by molar-refractivity contribution is -0.136. The highest BCUT2D eigenvalue weighted by molar-refractivity contribution is 6.06. The normalized spacial score (nSPS) is 23.3. The van der Waals surface area contributed by atoms with Gasteiger partial charge in [-0.3, -0.25) is 19.7 Å². The molecule has 1 aromatic rings. The first-order valence-corrected chi connectivity index (χ1v) is 14.6. The Balaban J connectivity index is 1.44. The molecule has 1 saturated heterocycles. The zero-order chi connectivity index (χ0) is 28.2. The van der Waals surface area contributed by atoms with Crippen LogP contribution in [0.15, 0.2) is 18.2 Å². The minimum absolute atomic E-state index is 0.130. The van der Waals surface area contributed by atoms with Crippen molar-refractivity contribution in [3.8, 4) is 0 Å². The van der Waals surface area contributed by atoms with Crippen LogP contribution in [-0.2, 0) is 20.9 Å². The number of hydrogen-bond acceptors (Lipinski definition) is 6. The van der Waals surface area contributed by atoms with Crippen molar-refractivity contribution in [2.75, 3.05) is 18.0 Å². The summed E-state index contributed by atoms with van der Waals surface area (Å²) < 4.78 is 5.43. The van der Waals surface area contributed by atoms with E-state index >= 15 is 0 Å². The number of hydrogen-bond donors (Lipinski definition) is 2. The highest BCUT2D eigenvalue weighted by Crippen LogP contribution is 2.36. The molecule has 4 rings (SSSR count). The lowest BCUT2D eigenvalue weighted by Gasteiger charge is -2.35. The zero-order valence-corrected chi connectivity index (χ0v) is 23.9. The van der Waals surface area contributed by atoms with Gasteiger partial charge >= 0.3 is 6.09 Å². The second kappa shape index (κ2) is 12.4. The minimum Gasteiger partial charge on any atom is -0.444 e. The predicted molar refractivity (Wildman–Crippen MR) is 149 cm³/mol. The Labute approximate surface area is 232 Å². The highest BCUT2D eigenvalue weighted by atomic mass is 16.6. The van der Waals surface area contributed by atoms with E-state index in [1.807, 2.05) is 32.9 Å². The Morgan fingerprint density at radius 3 is 2.51 bits per heavy atom. The number of fused-ring (bicyclic) bond motifs is 1. The van der Waals surface area contributed by atoms with Gasteiger partial charge in [0.25, 0.3) is 5.91 Å². The third-order valence-corrected chi connectivity index (χ3v) is 7.98. The second-order valence-electron chi connectivity index (χ2n) is 12.2. The molecule has 9 nitrogen and oxygen atoms in total. The number of carbonyl (C=O) groups excluding carboxylic acids is 4. The fourth-order valence-electron chi connectivity index (χ4n) is 6.00. The van der Waals surface area contributed by atoms with Crippen LogP contribution in [-0.4, -0.2) is 59.5 Å². The van der Waals surface area contributed by atoms with Gasteiger partial charge in [0, 0.05) is 48.9 Å². The molecule has 2 heterocycles. The topological polar surface area (TPSA) is 108 Å². The van der Waals surface area contributed by atoms with Gasteiger partial charge in [-0.25, -0.2) is 4.79 Å². The Hall–Kier alpha value is -3.10. The number of unbranched alkanes of at least 4 members (excludes halogenated alkanes) is 2. The summed E-state index contributed by atoms with van der Waals surface area (Å²) in [6.45, 7) is 9.99. The van der Waals surface area contributed by atoms with Crippen LogP contribution in [0.25, 0.3) is 0 Å². The largest absolute Gasteiger partial charge is 0.444 e. The molecule has 1 unspecified atom stereocenters. The molecule has 0 radical (unpaired) electrons. The summed E-state index contributed by atoms with van der Waals surface area (Å²) in [6.07, 6.45) is 7.46. The molecular formula is C30H44N4O5. The standard InChI is InChI=1S/C30H44N4O5/c1-5-6-7-17-33(18-20-11-13-21(14-12-20)31-29(38)39-30(2,3)4)24-10-8-9-22-23(24)19-34(28(22)37)25-15-16-26(35)32-27(25)36/h8-10,20-21,25H,5-7,11-19H2,1-4H3,(H,31,38)(H,32,35,36). The molecule has 2 N–H and O–H groups in total. The van der Waals surface area contributed by atoms with Crippen molar-refractivity contribution < 1.29 is 23.9 Å². The number of imide groups is 1. The summed E-state index contributed by atoms with van der Waals surface area (Å²) in [5, 5.41) is 5.42.